The monoisotopic (exact) mass is 278 g/mol. The number of aliphatic carboxylic acids is 1. The second kappa shape index (κ2) is 5.89. The summed E-state index contributed by atoms with van der Waals surface area (Å²) in [6, 6.07) is 7.50. The number of carboxylic acids is 1. The van der Waals surface area contributed by atoms with E-state index < -0.39 is 5.97 Å². The van der Waals surface area contributed by atoms with Gasteiger partial charge in [-0.3, -0.25) is 9.78 Å². The van der Waals surface area contributed by atoms with E-state index >= 15 is 0 Å². The zero-order chi connectivity index (χ0) is 13.8. The van der Waals surface area contributed by atoms with Gasteiger partial charge < -0.3 is 10.4 Å². The molecule has 0 saturated heterocycles. The number of carbonyl (C=O) groups is 1. The minimum Gasteiger partial charge on any atom is -0.481 e. The molecule has 1 aromatic heterocycles. The van der Waals surface area contributed by atoms with Crippen LogP contribution in [0.15, 0.2) is 30.5 Å². The molecule has 0 fully saturated rings. The average Bonchev–Trinajstić information content (AvgIpc) is 2.36. The molecule has 0 aliphatic rings. The molecule has 5 heteroatoms. The van der Waals surface area contributed by atoms with Gasteiger partial charge in [0.25, 0.3) is 0 Å². The van der Waals surface area contributed by atoms with Gasteiger partial charge in [-0.2, -0.15) is 0 Å². The number of anilines is 1. The number of benzene rings is 1. The van der Waals surface area contributed by atoms with Crippen LogP contribution in [0.5, 0.6) is 0 Å². The molecule has 0 bridgehead atoms. The summed E-state index contributed by atoms with van der Waals surface area (Å²) in [4.78, 5) is 14.8. The van der Waals surface area contributed by atoms with Crippen LogP contribution in [0.3, 0.4) is 0 Å². The second-order valence-corrected chi connectivity index (χ2v) is 4.93. The molecule has 0 saturated carbocycles. The van der Waals surface area contributed by atoms with Gasteiger partial charge in [-0.05, 0) is 37.6 Å². The molecule has 0 aliphatic heterocycles. The number of carboxylic acid groups (broad SMARTS) is 1. The topological polar surface area (TPSA) is 62.2 Å². The van der Waals surface area contributed by atoms with Gasteiger partial charge in [-0.15, -0.1) is 0 Å². The molecule has 100 valence electrons. The standard InChI is InChI=1S/C14H15ClN2O2/c1-9(2-5-14(18)19)17-12-6-7-16-13-8-10(15)3-4-11(12)13/h3-4,6-9H,2,5H2,1H3,(H,16,17)(H,18,19). The summed E-state index contributed by atoms with van der Waals surface area (Å²) >= 11 is 5.94. The Morgan fingerprint density at radius 2 is 2.26 bits per heavy atom. The van der Waals surface area contributed by atoms with E-state index in [0.717, 1.165) is 16.6 Å². The lowest BCUT2D eigenvalue weighted by Crippen LogP contribution is -2.16. The summed E-state index contributed by atoms with van der Waals surface area (Å²) in [6.07, 6.45) is 2.45. The molecule has 2 N–H and O–H groups in total. The first-order valence-electron chi connectivity index (χ1n) is 6.09. The van der Waals surface area contributed by atoms with Crippen molar-refractivity contribution in [1.82, 2.24) is 4.98 Å². The fourth-order valence-electron chi connectivity index (χ4n) is 1.92. The normalized spacial score (nSPS) is 12.3. The first-order chi connectivity index (χ1) is 9.06. The van der Waals surface area contributed by atoms with Gasteiger partial charge in [-0.1, -0.05) is 11.6 Å². The van der Waals surface area contributed by atoms with Crippen molar-refractivity contribution in [2.75, 3.05) is 5.32 Å². The van der Waals surface area contributed by atoms with Crippen molar-refractivity contribution in [2.24, 2.45) is 0 Å². The SMILES string of the molecule is CC(CCC(=O)O)Nc1ccnc2cc(Cl)ccc12. The number of aromatic nitrogens is 1. The first-order valence-corrected chi connectivity index (χ1v) is 6.46. The lowest BCUT2D eigenvalue weighted by molar-refractivity contribution is -0.137. The molecule has 1 unspecified atom stereocenters. The fourth-order valence-corrected chi connectivity index (χ4v) is 2.09. The Hall–Kier alpha value is -1.81. The Balaban J connectivity index is 2.18. The number of nitrogens with zero attached hydrogens (tertiary/aromatic N) is 1. The van der Waals surface area contributed by atoms with Crippen molar-refractivity contribution < 1.29 is 9.90 Å². The van der Waals surface area contributed by atoms with E-state index in [0.29, 0.717) is 11.4 Å². The summed E-state index contributed by atoms with van der Waals surface area (Å²) < 4.78 is 0. The van der Waals surface area contributed by atoms with E-state index in [1.165, 1.54) is 0 Å². The second-order valence-electron chi connectivity index (χ2n) is 4.50. The lowest BCUT2D eigenvalue weighted by atomic mass is 10.1. The van der Waals surface area contributed by atoms with Gasteiger partial charge in [0.1, 0.15) is 0 Å². The molecule has 2 aromatic rings. The fraction of sp³-hybridized carbons (Fsp3) is 0.286. The predicted molar refractivity (Wildman–Crippen MR) is 76.7 cm³/mol. The van der Waals surface area contributed by atoms with Crippen LogP contribution in [0.1, 0.15) is 19.8 Å². The number of pyridine rings is 1. The summed E-state index contributed by atoms with van der Waals surface area (Å²) in [7, 11) is 0. The molecule has 1 atom stereocenters. The molecule has 4 nitrogen and oxygen atoms in total. The third kappa shape index (κ3) is 3.58. The third-order valence-electron chi connectivity index (χ3n) is 2.90. The van der Waals surface area contributed by atoms with Gasteiger partial charge in [-0.25, -0.2) is 0 Å². The van der Waals surface area contributed by atoms with E-state index in [4.69, 9.17) is 16.7 Å². The maximum atomic E-state index is 10.6. The van der Waals surface area contributed by atoms with Crippen molar-refractivity contribution in [2.45, 2.75) is 25.8 Å². The summed E-state index contributed by atoms with van der Waals surface area (Å²) in [5, 5.41) is 13.6. The molecule has 2 rings (SSSR count). The van der Waals surface area contributed by atoms with Crippen LogP contribution >= 0.6 is 11.6 Å². The van der Waals surface area contributed by atoms with Crippen molar-refractivity contribution in [3.8, 4) is 0 Å². The summed E-state index contributed by atoms with van der Waals surface area (Å²) in [5.41, 5.74) is 1.77. The molecular formula is C14H15ClN2O2. The molecule has 0 radical (unpaired) electrons. The van der Waals surface area contributed by atoms with E-state index in [1.54, 1.807) is 6.20 Å². The third-order valence-corrected chi connectivity index (χ3v) is 3.13. The van der Waals surface area contributed by atoms with E-state index in [9.17, 15) is 4.79 Å². The molecule has 1 aromatic carbocycles. The summed E-state index contributed by atoms with van der Waals surface area (Å²) in [5.74, 6) is -0.778. The van der Waals surface area contributed by atoms with Gasteiger partial charge in [0, 0.05) is 34.8 Å². The molecule has 0 aliphatic carbocycles. The lowest BCUT2D eigenvalue weighted by Gasteiger charge is -2.15. The van der Waals surface area contributed by atoms with Crippen LogP contribution in [0.25, 0.3) is 10.9 Å². The maximum Gasteiger partial charge on any atom is 0.303 e. The van der Waals surface area contributed by atoms with E-state index in [2.05, 4.69) is 10.3 Å². The Kier molecular flexibility index (Phi) is 4.22. The quantitative estimate of drug-likeness (QED) is 0.878. The molecule has 19 heavy (non-hydrogen) atoms. The predicted octanol–water partition coefficient (Wildman–Crippen LogP) is 3.55. The number of fused-ring (bicyclic) bond motifs is 1. The van der Waals surface area contributed by atoms with Crippen LogP contribution in [0.2, 0.25) is 5.02 Å². The highest BCUT2D eigenvalue weighted by atomic mass is 35.5. The zero-order valence-corrected chi connectivity index (χ0v) is 11.3. The van der Waals surface area contributed by atoms with E-state index in [1.807, 2.05) is 31.2 Å². The minimum absolute atomic E-state index is 0.0809. The first kappa shape index (κ1) is 13.6. The van der Waals surface area contributed by atoms with Crippen molar-refractivity contribution in [3.63, 3.8) is 0 Å². The number of rotatable bonds is 5. The van der Waals surface area contributed by atoms with Crippen LogP contribution in [-0.4, -0.2) is 22.1 Å². The Labute approximate surface area is 116 Å². The molecular weight excluding hydrogens is 264 g/mol. The highest BCUT2D eigenvalue weighted by molar-refractivity contribution is 6.31. The zero-order valence-electron chi connectivity index (χ0n) is 10.6. The molecule has 0 amide bonds. The van der Waals surface area contributed by atoms with Crippen LogP contribution in [-0.2, 0) is 4.79 Å². The molecule has 0 spiro atoms. The van der Waals surface area contributed by atoms with Crippen LogP contribution in [0.4, 0.5) is 5.69 Å². The van der Waals surface area contributed by atoms with Crippen LogP contribution in [0, 0.1) is 0 Å². The van der Waals surface area contributed by atoms with Gasteiger partial charge in [0.05, 0.1) is 5.52 Å². The van der Waals surface area contributed by atoms with Crippen molar-refractivity contribution >= 4 is 34.2 Å². The average molecular weight is 279 g/mol. The van der Waals surface area contributed by atoms with Gasteiger partial charge in [0.15, 0.2) is 0 Å². The maximum absolute atomic E-state index is 10.6. The highest BCUT2D eigenvalue weighted by Gasteiger charge is 2.08. The molecule has 1 heterocycles. The largest absolute Gasteiger partial charge is 0.481 e. The number of nitrogens with one attached hydrogen (secondary N) is 1. The van der Waals surface area contributed by atoms with Crippen molar-refractivity contribution in [3.05, 3.63) is 35.5 Å². The smallest absolute Gasteiger partial charge is 0.303 e. The van der Waals surface area contributed by atoms with Crippen molar-refractivity contribution in [1.29, 1.82) is 0 Å². The number of hydrogen-bond donors (Lipinski definition) is 2. The Bertz CT molecular complexity index is 601. The van der Waals surface area contributed by atoms with E-state index in [-0.39, 0.29) is 12.5 Å². The van der Waals surface area contributed by atoms with Crippen LogP contribution < -0.4 is 5.32 Å². The minimum atomic E-state index is -0.778. The highest BCUT2D eigenvalue weighted by Crippen LogP contribution is 2.25. The Morgan fingerprint density at radius 3 is 3.00 bits per heavy atom. The number of hydrogen-bond acceptors (Lipinski definition) is 3. The van der Waals surface area contributed by atoms with Gasteiger partial charge >= 0.3 is 5.97 Å². The Morgan fingerprint density at radius 1 is 1.47 bits per heavy atom. The van der Waals surface area contributed by atoms with Gasteiger partial charge in [0.2, 0.25) is 0 Å². The number of halogens is 1. The summed E-state index contributed by atoms with van der Waals surface area (Å²) in [6.45, 7) is 1.96.